The summed E-state index contributed by atoms with van der Waals surface area (Å²) in [6.45, 7) is 0.795. The largest absolute Gasteiger partial charge is 0.390 e. The maximum absolute atomic E-state index is 13.8. The molecule has 4 bridgehead atoms. The van der Waals surface area contributed by atoms with E-state index in [1.165, 1.54) is 0 Å². The number of aromatic nitrogens is 1. The molecule has 0 spiro atoms. The van der Waals surface area contributed by atoms with Gasteiger partial charge in [-0.2, -0.15) is 0 Å². The average Bonchev–Trinajstić information content (AvgIpc) is 3.10. The van der Waals surface area contributed by atoms with Gasteiger partial charge in [0.2, 0.25) is 5.91 Å². The topological polar surface area (TPSA) is 56.3 Å². The SMILES string of the molecule is O=C(CC(c1ccc(Cl)cc1)c1c[nH]c2ccccc12)N1CC2CC3CC1CC(O)(C3)C2. The van der Waals surface area contributed by atoms with E-state index in [0.717, 1.165) is 60.7 Å². The summed E-state index contributed by atoms with van der Waals surface area (Å²) < 4.78 is 0. The van der Waals surface area contributed by atoms with Gasteiger partial charge in [-0.25, -0.2) is 0 Å². The first-order valence-corrected chi connectivity index (χ1v) is 12.2. The molecule has 3 heterocycles. The number of fused-ring (bicyclic) bond motifs is 2. The zero-order valence-electron chi connectivity index (χ0n) is 18.1. The van der Waals surface area contributed by atoms with E-state index in [4.69, 9.17) is 11.6 Å². The van der Waals surface area contributed by atoms with Crippen molar-refractivity contribution in [3.63, 3.8) is 0 Å². The zero-order valence-corrected chi connectivity index (χ0v) is 18.9. The molecule has 2 aliphatic carbocycles. The minimum absolute atomic E-state index is 0.0448. The first-order valence-electron chi connectivity index (χ1n) is 11.8. The molecule has 4 nitrogen and oxygen atoms in total. The Morgan fingerprint density at radius 2 is 1.88 bits per heavy atom. The van der Waals surface area contributed by atoms with Crippen molar-refractivity contribution in [1.82, 2.24) is 9.88 Å². The van der Waals surface area contributed by atoms with Gasteiger partial charge in [-0.05, 0) is 73.3 Å². The fraction of sp³-hybridized carbons (Fsp3) is 0.444. The molecular formula is C27H29ClN2O2. The Kier molecular flexibility index (Phi) is 4.85. The van der Waals surface area contributed by atoms with Crippen LogP contribution >= 0.6 is 11.6 Å². The summed E-state index contributed by atoms with van der Waals surface area (Å²) in [4.78, 5) is 19.3. The van der Waals surface area contributed by atoms with Crippen LogP contribution in [0.1, 0.15) is 55.6 Å². The molecule has 2 aromatic carbocycles. The summed E-state index contributed by atoms with van der Waals surface area (Å²) in [5.41, 5.74) is 2.78. The van der Waals surface area contributed by atoms with Gasteiger partial charge in [0.15, 0.2) is 0 Å². The Morgan fingerprint density at radius 3 is 2.69 bits per heavy atom. The van der Waals surface area contributed by atoms with E-state index in [9.17, 15) is 9.90 Å². The number of nitrogens with one attached hydrogen (secondary N) is 1. The van der Waals surface area contributed by atoms with Gasteiger partial charge >= 0.3 is 0 Å². The second-order valence-electron chi connectivity index (χ2n) is 10.3. The monoisotopic (exact) mass is 448 g/mol. The molecule has 4 aliphatic rings. The first-order chi connectivity index (χ1) is 15.5. The van der Waals surface area contributed by atoms with Crippen LogP contribution in [-0.2, 0) is 4.79 Å². The summed E-state index contributed by atoms with van der Waals surface area (Å²) in [6.07, 6.45) is 7.20. The van der Waals surface area contributed by atoms with E-state index in [2.05, 4.69) is 28.2 Å². The predicted octanol–water partition coefficient (Wildman–Crippen LogP) is 5.50. The van der Waals surface area contributed by atoms with Crippen molar-refractivity contribution < 1.29 is 9.90 Å². The highest BCUT2D eigenvalue weighted by Crippen LogP contribution is 2.50. The number of nitrogens with zero attached hydrogens (tertiary/aromatic N) is 1. The molecule has 4 fully saturated rings. The van der Waals surface area contributed by atoms with Gasteiger partial charge in [-0.3, -0.25) is 4.79 Å². The maximum atomic E-state index is 13.8. The standard InChI is InChI=1S/C27H29ClN2O2/c28-20-7-5-19(6-8-20)23(24-15-29-25-4-2-1-3-22(24)25)11-26(31)30-16-18-9-17-10-21(30)14-27(32,12-17)13-18/h1-8,15,17-18,21,23,29,32H,9-14,16H2. The second-order valence-corrected chi connectivity index (χ2v) is 10.8. The molecule has 5 unspecified atom stereocenters. The Hall–Kier alpha value is -2.30. The molecule has 166 valence electrons. The Morgan fingerprint density at radius 1 is 1.09 bits per heavy atom. The molecule has 2 aliphatic heterocycles. The molecule has 2 saturated carbocycles. The van der Waals surface area contributed by atoms with Gasteiger partial charge in [-0.15, -0.1) is 0 Å². The summed E-state index contributed by atoms with van der Waals surface area (Å²) in [5, 5.41) is 12.9. The second kappa shape index (κ2) is 7.64. The number of H-pyrrole nitrogens is 1. The van der Waals surface area contributed by atoms with Crippen molar-refractivity contribution in [2.45, 2.75) is 56.1 Å². The van der Waals surface area contributed by atoms with Crippen LogP contribution in [-0.4, -0.2) is 39.1 Å². The van der Waals surface area contributed by atoms with Gasteiger partial charge in [0.25, 0.3) is 0 Å². The van der Waals surface area contributed by atoms with Crippen LogP contribution in [0.2, 0.25) is 5.02 Å². The molecule has 2 N–H and O–H groups in total. The number of para-hydroxylation sites is 1. The van der Waals surface area contributed by atoms with E-state index in [1.807, 2.05) is 36.4 Å². The van der Waals surface area contributed by atoms with Crippen LogP contribution in [0, 0.1) is 11.8 Å². The predicted molar refractivity (Wildman–Crippen MR) is 127 cm³/mol. The number of benzene rings is 2. The number of halogens is 1. The Balaban J connectivity index is 1.34. The van der Waals surface area contributed by atoms with E-state index < -0.39 is 5.60 Å². The molecule has 0 radical (unpaired) electrons. The molecular weight excluding hydrogens is 420 g/mol. The van der Waals surface area contributed by atoms with Crippen molar-refractivity contribution in [1.29, 1.82) is 0 Å². The third kappa shape index (κ3) is 3.54. The van der Waals surface area contributed by atoms with Gasteiger partial charge in [0.05, 0.1) is 5.60 Å². The average molecular weight is 449 g/mol. The number of amides is 1. The normalized spacial score (nSPS) is 29.9. The van der Waals surface area contributed by atoms with Crippen LogP contribution in [0.5, 0.6) is 0 Å². The van der Waals surface area contributed by atoms with Crippen molar-refractivity contribution in [2.24, 2.45) is 11.8 Å². The minimum Gasteiger partial charge on any atom is -0.390 e. The van der Waals surface area contributed by atoms with E-state index in [1.54, 1.807) is 0 Å². The quantitative estimate of drug-likeness (QED) is 0.554. The Bertz CT molecular complexity index is 1160. The third-order valence-electron chi connectivity index (χ3n) is 8.09. The summed E-state index contributed by atoms with van der Waals surface area (Å²) in [7, 11) is 0. The number of carbonyl (C=O) groups excluding carboxylic acids is 1. The number of aromatic amines is 1. The van der Waals surface area contributed by atoms with Crippen LogP contribution in [0.4, 0.5) is 0 Å². The fourth-order valence-corrected chi connectivity index (χ4v) is 7.06. The summed E-state index contributed by atoms with van der Waals surface area (Å²) in [6, 6.07) is 16.3. The van der Waals surface area contributed by atoms with Gasteiger partial charge in [-0.1, -0.05) is 41.9 Å². The molecule has 7 rings (SSSR count). The van der Waals surface area contributed by atoms with Crippen molar-refractivity contribution >= 4 is 28.4 Å². The van der Waals surface area contributed by atoms with Gasteiger partial charge in [0, 0.05) is 47.0 Å². The highest BCUT2D eigenvalue weighted by Gasteiger charge is 2.51. The number of hydrogen-bond donors (Lipinski definition) is 2. The van der Waals surface area contributed by atoms with Crippen LogP contribution in [0.25, 0.3) is 10.9 Å². The van der Waals surface area contributed by atoms with E-state index >= 15 is 0 Å². The summed E-state index contributed by atoms with van der Waals surface area (Å²) >= 11 is 6.17. The first kappa shape index (κ1) is 20.3. The number of carbonyl (C=O) groups is 1. The summed E-state index contributed by atoms with van der Waals surface area (Å²) in [5.74, 6) is 1.15. The van der Waals surface area contributed by atoms with E-state index in [0.29, 0.717) is 23.3 Å². The lowest BCUT2D eigenvalue weighted by Crippen LogP contribution is -2.48. The molecule has 1 aromatic heterocycles. The van der Waals surface area contributed by atoms with Crippen LogP contribution in [0.15, 0.2) is 54.7 Å². The minimum atomic E-state index is -0.558. The fourth-order valence-electron chi connectivity index (χ4n) is 6.93. The molecule has 5 heteroatoms. The smallest absolute Gasteiger partial charge is 0.223 e. The van der Waals surface area contributed by atoms with Crippen molar-refractivity contribution in [3.8, 4) is 0 Å². The molecule has 1 amide bonds. The zero-order chi connectivity index (χ0) is 21.9. The highest BCUT2D eigenvalue weighted by molar-refractivity contribution is 6.30. The third-order valence-corrected chi connectivity index (χ3v) is 8.34. The highest BCUT2D eigenvalue weighted by atomic mass is 35.5. The molecule has 5 atom stereocenters. The molecule has 3 aromatic rings. The Labute approximate surface area is 193 Å². The lowest BCUT2D eigenvalue weighted by atomic mass is 9.65. The molecule has 32 heavy (non-hydrogen) atoms. The number of hydrogen-bond acceptors (Lipinski definition) is 2. The van der Waals surface area contributed by atoms with Gasteiger partial charge in [0.1, 0.15) is 0 Å². The number of rotatable bonds is 4. The van der Waals surface area contributed by atoms with Crippen LogP contribution in [0.3, 0.4) is 0 Å². The lowest BCUT2D eigenvalue weighted by molar-refractivity contribution is -0.135. The lowest BCUT2D eigenvalue weighted by Gasteiger charge is -2.45. The van der Waals surface area contributed by atoms with Gasteiger partial charge < -0.3 is 15.0 Å². The van der Waals surface area contributed by atoms with E-state index in [-0.39, 0.29) is 17.9 Å². The van der Waals surface area contributed by atoms with Crippen molar-refractivity contribution in [2.75, 3.05) is 6.54 Å². The number of aliphatic hydroxyl groups is 1. The maximum Gasteiger partial charge on any atom is 0.223 e. The van der Waals surface area contributed by atoms with Crippen LogP contribution < -0.4 is 0 Å². The van der Waals surface area contributed by atoms with Crippen molar-refractivity contribution in [3.05, 3.63) is 70.9 Å². The molecule has 2 saturated heterocycles.